The summed E-state index contributed by atoms with van der Waals surface area (Å²) in [7, 11) is 0. The molecule has 3 heterocycles. The standard InChI is InChI=1S/C11H6BrN3O3.BrH/c12-11-9(10-7(15(16)17)4-6-18-10)13-8-3-1-2-5-14(8)11;/h1-6H;1H. The van der Waals surface area contributed by atoms with Crippen molar-refractivity contribution < 1.29 is 9.34 Å². The average molecular weight is 389 g/mol. The van der Waals surface area contributed by atoms with Crippen LogP contribution in [0.5, 0.6) is 0 Å². The first-order valence-corrected chi connectivity index (χ1v) is 5.82. The predicted octanol–water partition coefficient (Wildman–Crippen LogP) is 3.84. The Morgan fingerprint density at radius 1 is 1.37 bits per heavy atom. The monoisotopic (exact) mass is 387 g/mol. The molecule has 0 aliphatic carbocycles. The van der Waals surface area contributed by atoms with E-state index in [0.29, 0.717) is 15.9 Å². The fraction of sp³-hybridized carbons (Fsp3) is 0. The molecule has 0 amide bonds. The lowest BCUT2D eigenvalue weighted by Gasteiger charge is -1.94. The number of hydrogen-bond donors (Lipinski definition) is 0. The Hall–Kier alpha value is -1.67. The Morgan fingerprint density at radius 2 is 2.16 bits per heavy atom. The first kappa shape index (κ1) is 13.8. The van der Waals surface area contributed by atoms with Crippen LogP contribution < -0.4 is 0 Å². The number of nitro groups is 1. The largest absolute Gasteiger partial charge is 0.455 e. The van der Waals surface area contributed by atoms with E-state index in [-0.39, 0.29) is 28.4 Å². The summed E-state index contributed by atoms with van der Waals surface area (Å²) in [6.45, 7) is 0. The lowest BCUT2D eigenvalue weighted by molar-refractivity contribution is -0.384. The molecule has 0 saturated carbocycles. The van der Waals surface area contributed by atoms with E-state index in [1.165, 1.54) is 12.3 Å². The zero-order valence-corrected chi connectivity index (χ0v) is 12.6. The Balaban J connectivity index is 0.00000133. The van der Waals surface area contributed by atoms with Gasteiger partial charge in [0.1, 0.15) is 15.9 Å². The van der Waals surface area contributed by atoms with Crippen molar-refractivity contribution in [2.24, 2.45) is 0 Å². The molecule has 6 nitrogen and oxygen atoms in total. The number of furan rings is 1. The molecular formula is C11H7Br2N3O3. The summed E-state index contributed by atoms with van der Waals surface area (Å²) in [5, 5.41) is 10.9. The number of rotatable bonds is 2. The van der Waals surface area contributed by atoms with E-state index in [1.807, 2.05) is 24.4 Å². The van der Waals surface area contributed by atoms with Crippen LogP contribution in [0.4, 0.5) is 5.69 Å². The van der Waals surface area contributed by atoms with Crippen molar-refractivity contribution in [1.29, 1.82) is 0 Å². The Kier molecular flexibility index (Phi) is 3.72. The summed E-state index contributed by atoms with van der Waals surface area (Å²) < 4.78 is 7.58. The second-order valence-electron chi connectivity index (χ2n) is 3.57. The number of pyridine rings is 1. The molecule has 0 atom stereocenters. The Morgan fingerprint density at radius 3 is 2.84 bits per heavy atom. The van der Waals surface area contributed by atoms with Crippen LogP contribution >= 0.6 is 32.9 Å². The summed E-state index contributed by atoms with van der Waals surface area (Å²) in [4.78, 5) is 14.7. The van der Waals surface area contributed by atoms with Crippen molar-refractivity contribution in [2.45, 2.75) is 0 Å². The Bertz CT molecular complexity index is 751. The number of nitrogens with zero attached hydrogens (tertiary/aromatic N) is 3. The zero-order valence-electron chi connectivity index (χ0n) is 9.32. The van der Waals surface area contributed by atoms with E-state index in [9.17, 15) is 10.1 Å². The highest BCUT2D eigenvalue weighted by Crippen LogP contribution is 2.35. The quantitative estimate of drug-likeness (QED) is 0.493. The maximum Gasteiger partial charge on any atom is 0.317 e. The lowest BCUT2D eigenvalue weighted by atomic mass is 10.3. The highest BCUT2D eigenvalue weighted by Gasteiger charge is 2.24. The van der Waals surface area contributed by atoms with Gasteiger partial charge in [0.2, 0.25) is 5.76 Å². The van der Waals surface area contributed by atoms with Gasteiger partial charge in [0, 0.05) is 6.20 Å². The topological polar surface area (TPSA) is 73.6 Å². The molecule has 0 aliphatic heterocycles. The number of halogens is 2. The molecule has 3 rings (SSSR count). The van der Waals surface area contributed by atoms with Gasteiger partial charge in [-0.25, -0.2) is 4.98 Å². The number of fused-ring (bicyclic) bond motifs is 1. The Labute approximate surface area is 126 Å². The smallest absolute Gasteiger partial charge is 0.317 e. The van der Waals surface area contributed by atoms with Crippen molar-refractivity contribution in [3.63, 3.8) is 0 Å². The van der Waals surface area contributed by atoms with Crippen LogP contribution in [0.1, 0.15) is 0 Å². The second-order valence-corrected chi connectivity index (χ2v) is 4.32. The maximum absolute atomic E-state index is 10.9. The molecule has 98 valence electrons. The first-order chi connectivity index (χ1) is 8.68. The first-order valence-electron chi connectivity index (χ1n) is 5.03. The number of hydrogen-bond acceptors (Lipinski definition) is 4. The van der Waals surface area contributed by atoms with Gasteiger partial charge in [0.15, 0.2) is 0 Å². The van der Waals surface area contributed by atoms with E-state index in [1.54, 1.807) is 4.40 Å². The van der Waals surface area contributed by atoms with Gasteiger partial charge < -0.3 is 4.42 Å². The van der Waals surface area contributed by atoms with E-state index < -0.39 is 4.92 Å². The molecule has 0 bridgehead atoms. The third-order valence-corrected chi connectivity index (χ3v) is 3.29. The summed E-state index contributed by atoms with van der Waals surface area (Å²) in [5.74, 6) is 0.149. The molecular weight excluding hydrogens is 382 g/mol. The molecule has 0 spiro atoms. The second kappa shape index (κ2) is 5.14. The van der Waals surface area contributed by atoms with E-state index >= 15 is 0 Å². The van der Waals surface area contributed by atoms with Gasteiger partial charge in [-0.1, -0.05) is 6.07 Å². The summed E-state index contributed by atoms with van der Waals surface area (Å²) in [6, 6.07) is 6.81. The fourth-order valence-electron chi connectivity index (χ4n) is 1.73. The van der Waals surface area contributed by atoms with E-state index in [0.717, 1.165) is 0 Å². The number of aromatic nitrogens is 2. The van der Waals surface area contributed by atoms with Gasteiger partial charge in [0.05, 0.1) is 17.3 Å². The third kappa shape index (κ3) is 2.17. The minimum atomic E-state index is -0.491. The van der Waals surface area contributed by atoms with Gasteiger partial charge in [-0.15, -0.1) is 17.0 Å². The van der Waals surface area contributed by atoms with Crippen LogP contribution in [-0.4, -0.2) is 14.3 Å². The molecule has 8 heteroatoms. The van der Waals surface area contributed by atoms with Gasteiger partial charge in [-0.05, 0) is 28.1 Å². The fourth-order valence-corrected chi connectivity index (χ4v) is 2.30. The van der Waals surface area contributed by atoms with Crippen molar-refractivity contribution in [3.05, 3.63) is 51.4 Å². The molecule has 0 saturated heterocycles. The van der Waals surface area contributed by atoms with Crippen molar-refractivity contribution >= 4 is 44.2 Å². The molecule has 0 radical (unpaired) electrons. The highest BCUT2D eigenvalue weighted by atomic mass is 79.9. The van der Waals surface area contributed by atoms with Crippen LogP contribution in [0, 0.1) is 10.1 Å². The van der Waals surface area contributed by atoms with Crippen LogP contribution in [0.3, 0.4) is 0 Å². The predicted molar refractivity (Wildman–Crippen MR) is 77.6 cm³/mol. The maximum atomic E-state index is 10.9. The summed E-state index contributed by atoms with van der Waals surface area (Å²) >= 11 is 3.37. The zero-order chi connectivity index (χ0) is 12.7. The van der Waals surface area contributed by atoms with Crippen LogP contribution in [0.15, 0.2) is 45.7 Å². The van der Waals surface area contributed by atoms with Crippen LogP contribution in [-0.2, 0) is 0 Å². The van der Waals surface area contributed by atoms with Gasteiger partial charge >= 0.3 is 5.69 Å². The van der Waals surface area contributed by atoms with Crippen molar-refractivity contribution in [1.82, 2.24) is 9.38 Å². The van der Waals surface area contributed by atoms with Crippen LogP contribution in [0.25, 0.3) is 17.1 Å². The molecule has 0 N–H and O–H groups in total. The molecule has 3 aromatic heterocycles. The molecule has 0 fully saturated rings. The average Bonchev–Trinajstić information content (AvgIpc) is 2.94. The normalized spacial score (nSPS) is 10.4. The minimum Gasteiger partial charge on any atom is -0.455 e. The third-order valence-electron chi connectivity index (χ3n) is 2.53. The van der Waals surface area contributed by atoms with Gasteiger partial charge in [-0.2, -0.15) is 0 Å². The molecule has 19 heavy (non-hydrogen) atoms. The minimum absolute atomic E-state index is 0. The van der Waals surface area contributed by atoms with E-state index in [4.69, 9.17) is 4.42 Å². The van der Waals surface area contributed by atoms with Crippen molar-refractivity contribution in [3.8, 4) is 11.5 Å². The van der Waals surface area contributed by atoms with Gasteiger partial charge in [0.25, 0.3) is 0 Å². The highest BCUT2D eigenvalue weighted by molar-refractivity contribution is 9.10. The summed E-state index contributed by atoms with van der Waals surface area (Å²) in [6.07, 6.45) is 3.09. The van der Waals surface area contributed by atoms with Crippen LogP contribution in [0.2, 0.25) is 0 Å². The lowest BCUT2D eigenvalue weighted by Crippen LogP contribution is -1.88. The summed E-state index contributed by atoms with van der Waals surface area (Å²) in [5.41, 5.74) is 1.00. The van der Waals surface area contributed by atoms with Gasteiger partial charge in [-0.3, -0.25) is 14.5 Å². The molecule has 0 unspecified atom stereocenters. The molecule has 0 aliphatic rings. The molecule has 3 aromatic rings. The van der Waals surface area contributed by atoms with Crippen molar-refractivity contribution in [2.75, 3.05) is 0 Å². The number of imidazole rings is 1. The van der Waals surface area contributed by atoms with E-state index in [2.05, 4.69) is 20.9 Å². The molecule has 0 aromatic carbocycles. The SMILES string of the molecule is Br.O=[N+]([O-])c1ccoc1-c1nc2ccccn2c1Br.